The number of allylic oxidation sites excluding steroid dienone is 2. The lowest BCUT2D eigenvalue weighted by atomic mass is 10.1. The molecule has 0 aromatic heterocycles. The van der Waals surface area contributed by atoms with Crippen LogP contribution in [0.3, 0.4) is 0 Å². The van der Waals surface area contributed by atoms with E-state index in [2.05, 4.69) is 22.8 Å². The van der Waals surface area contributed by atoms with Crippen LogP contribution in [-0.4, -0.2) is 25.2 Å². The summed E-state index contributed by atoms with van der Waals surface area (Å²) >= 11 is 0. The molecule has 0 saturated heterocycles. The first-order valence-electron chi connectivity index (χ1n) is 12.0. The zero-order valence-corrected chi connectivity index (χ0v) is 19.6. The zero-order chi connectivity index (χ0) is 22.6. The van der Waals surface area contributed by atoms with E-state index in [4.69, 9.17) is 4.74 Å². The van der Waals surface area contributed by atoms with Gasteiger partial charge in [0.1, 0.15) is 0 Å². The lowest BCUT2D eigenvalue weighted by Gasteiger charge is -2.07. The molecule has 5 nitrogen and oxygen atoms in total. The Bertz CT molecular complexity index is 626. The van der Waals surface area contributed by atoms with Gasteiger partial charge >= 0.3 is 12.0 Å². The topological polar surface area (TPSA) is 67.4 Å². The Kier molecular flexibility index (Phi) is 15.9. The van der Waals surface area contributed by atoms with Crippen LogP contribution in [0, 0.1) is 6.92 Å². The fourth-order valence-corrected chi connectivity index (χ4v) is 3.29. The van der Waals surface area contributed by atoms with Crippen molar-refractivity contribution in [1.29, 1.82) is 0 Å². The minimum absolute atomic E-state index is 0.0673. The van der Waals surface area contributed by atoms with Crippen molar-refractivity contribution >= 4 is 17.7 Å². The van der Waals surface area contributed by atoms with E-state index in [-0.39, 0.29) is 12.0 Å². The van der Waals surface area contributed by atoms with Crippen molar-refractivity contribution in [3.8, 4) is 0 Å². The number of esters is 1. The maximum absolute atomic E-state index is 11.8. The first-order chi connectivity index (χ1) is 15.1. The number of carbonyl (C=O) groups is 2. The maximum atomic E-state index is 11.8. The quantitative estimate of drug-likeness (QED) is 0.160. The minimum Gasteiger partial charge on any atom is -0.466 e. The van der Waals surface area contributed by atoms with E-state index >= 15 is 0 Å². The van der Waals surface area contributed by atoms with E-state index in [1.165, 1.54) is 37.7 Å². The third-order valence-corrected chi connectivity index (χ3v) is 5.12. The molecule has 0 fully saturated rings. The molecule has 1 aromatic carbocycles. The smallest absolute Gasteiger partial charge is 0.319 e. The number of anilines is 1. The summed E-state index contributed by atoms with van der Waals surface area (Å²) in [6.45, 7) is 5.07. The molecule has 0 aliphatic heterocycles. The summed E-state index contributed by atoms with van der Waals surface area (Å²) in [6.07, 6.45) is 17.7. The Morgan fingerprint density at radius 3 is 2.06 bits per heavy atom. The van der Waals surface area contributed by atoms with Crippen LogP contribution in [0.25, 0.3) is 0 Å². The first kappa shape index (κ1) is 26.7. The Morgan fingerprint density at radius 2 is 1.42 bits per heavy atom. The highest BCUT2D eigenvalue weighted by Gasteiger charge is 2.01. The maximum Gasteiger partial charge on any atom is 0.319 e. The minimum atomic E-state index is -0.131. The van der Waals surface area contributed by atoms with E-state index in [0.717, 1.165) is 50.8 Å². The predicted octanol–water partition coefficient (Wildman–Crippen LogP) is 6.92. The second-order valence-electron chi connectivity index (χ2n) is 8.03. The van der Waals surface area contributed by atoms with Gasteiger partial charge in [0.25, 0.3) is 0 Å². The number of rotatable bonds is 17. The second kappa shape index (κ2) is 18.5. The van der Waals surface area contributed by atoms with Crippen LogP contribution in [-0.2, 0) is 9.53 Å². The monoisotopic (exact) mass is 430 g/mol. The number of hydrogen-bond acceptors (Lipinski definition) is 3. The second-order valence-corrected chi connectivity index (χ2v) is 8.03. The molecule has 0 radical (unpaired) electrons. The van der Waals surface area contributed by atoms with Crippen molar-refractivity contribution in [2.45, 2.75) is 90.9 Å². The van der Waals surface area contributed by atoms with Crippen LogP contribution in [0.2, 0.25) is 0 Å². The highest BCUT2D eigenvalue weighted by molar-refractivity contribution is 5.89. The SMILES string of the molecule is CCOC(=O)CCCCCC/C=C\CCCCCCCNC(=O)Nc1ccc(C)cc1. The standard InChI is InChI=1S/C26H42N2O3/c1-3-31-25(29)17-15-13-11-9-7-5-4-6-8-10-12-14-16-22-27-26(30)28-24-20-18-23(2)19-21-24/h4-5,18-21H,3,6-17,22H2,1-2H3,(H2,27,28,30)/b5-4-. The molecule has 0 aliphatic rings. The summed E-state index contributed by atoms with van der Waals surface area (Å²) < 4.78 is 4.92. The summed E-state index contributed by atoms with van der Waals surface area (Å²) in [5.41, 5.74) is 2.01. The summed E-state index contributed by atoms with van der Waals surface area (Å²) in [5, 5.41) is 5.77. The molecule has 0 bridgehead atoms. The molecule has 0 unspecified atom stereocenters. The number of benzene rings is 1. The van der Waals surface area contributed by atoms with Crippen molar-refractivity contribution in [3.05, 3.63) is 42.0 Å². The highest BCUT2D eigenvalue weighted by Crippen LogP contribution is 2.10. The fourth-order valence-electron chi connectivity index (χ4n) is 3.29. The number of ether oxygens (including phenoxy) is 1. The zero-order valence-electron chi connectivity index (χ0n) is 19.6. The molecule has 1 rings (SSSR count). The van der Waals surface area contributed by atoms with Crippen LogP contribution >= 0.6 is 0 Å². The Balaban J connectivity index is 1.83. The third-order valence-electron chi connectivity index (χ3n) is 5.12. The lowest BCUT2D eigenvalue weighted by Crippen LogP contribution is -2.29. The summed E-state index contributed by atoms with van der Waals surface area (Å²) in [5.74, 6) is -0.0673. The number of unbranched alkanes of at least 4 members (excludes halogenated alkanes) is 9. The molecule has 2 N–H and O–H groups in total. The number of hydrogen-bond donors (Lipinski definition) is 2. The molecule has 0 aliphatic carbocycles. The van der Waals surface area contributed by atoms with Crippen molar-refractivity contribution in [2.24, 2.45) is 0 Å². The molecular formula is C26H42N2O3. The van der Waals surface area contributed by atoms with Crippen LogP contribution in [0.1, 0.15) is 89.5 Å². The lowest BCUT2D eigenvalue weighted by molar-refractivity contribution is -0.143. The number of nitrogens with one attached hydrogen (secondary N) is 2. The summed E-state index contributed by atoms with van der Waals surface area (Å²) in [4.78, 5) is 23.1. The fraction of sp³-hybridized carbons (Fsp3) is 0.615. The Hall–Kier alpha value is -2.30. The van der Waals surface area contributed by atoms with E-state index in [1.54, 1.807) is 0 Å². The summed E-state index contributed by atoms with van der Waals surface area (Å²) in [6, 6.07) is 7.67. The van der Waals surface area contributed by atoms with Crippen molar-refractivity contribution in [3.63, 3.8) is 0 Å². The average Bonchev–Trinajstić information content (AvgIpc) is 2.75. The van der Waals surface area contributed by atoms with Crippen LogP contribution < -0.4 is 10.6 Å². The Labute approximate surface area is 189 Å². The number of carbonyl (C=O) groups excluding carboxylic acids is 2. The van der Waals surface area contributed by atoms with Gasteiger partial charge in [-0.1, -0.05) is 62.0 Å². The van der Waals surface area contributed by atoms with Crippen LogP contribution in [0.15, 0.2) is 36.4 Å². The molecule has 174 valence electrons. The van der Waals surface area contributed by atoms with Gasteiger partial charge in [-0.3, -0.25) is 4.79 Å². The van der Waals surface area contributed by atoms with Gasteiger partial charge in [-0.25, -0.2) is 4.79 Å². The van der Waals surface area contributed by atoms with E-state index < -0.39 is 0 Å². The molecule has 2 amide bonds. The van der Waals surface area contributed by atoms with Gasteiger partial charge in [0.15, 0.2) is 0 Å². The van der Waals surface area contributed by atoms with Gasteiger partial charge in [0, 0.05) is 18.7 Å². The molecule has 1 aromatic rings. The highest BCUT2D eigenvalue weighted by atomic mass is 16.5. The van der Waals surface area contributed by atoms with E-state index in [0.29, 0.717) is 13.0 Å². The average molecular weight is 431 g/mol. The van der Waals surface area contributed by atoms with Crippen LogP contribution in [0.4, 0.5) is 10.5 Å². The van der Waals surface area contributed by atoms with Gasteiger partial charge in [0.2, 0.25) is 0 Å². The molecular weight excluding hydrogens is 388 g/mol. The van der Waals surface area contributed by atoms with Gasteiger partial charge in [0.05, 0.1) is 6.61 Å². The molecule has 31 heavy (non-hydrogen) atoms. The number of aryl methyl sites for hydroxylation is 1. The molecule has 0 heterocycles. The molecule has 5 heteroatoms. The van der Waals surface area contributed by atoms with Gasteiger partial charge in [-0.2, -0.15) is 0 Å². The van der Waals surface area contributed by atoms with Crippen LogP contribution in [0.5, 0.6) is 0 Å². The third kappa shape index (κ3) is 16.1. The van der Waals surface area contributed by atoms with Gasteiger partial charge in [-0.15, -0.1) is 0 Å². The first-order valence-corrected chi connectivity index (χ1v) is 12.0. The van der Waals surface area contributed by atoms with E-state index in [9.17, 15) is 9.59 Å². The largest absolute Gasteiger partial charge is 0.466 e. The van der Waals surface area contributed by atoms with Gasteiger partial charge < -0.3 is 15.4 Å². The van der Waals surface area contributed by atoms with E-state index in [1.807, 2.05) is 38.1 Å². The molecule has 0 atom stereocenters. The normalized spacial score (nSPS) is 10.9. The van der Waals surface area contributed by atoms with Crippen molar-refractivity contribution < 1.29 is 14.3 Å². The Morgan fingerprint density at radius 1 is 0.839 bits per heavy atom. The van der Waals surface area contributed by atoms with Gasteiger partial charge in [-0.05, 0) is 64.5 Å². The predicted molar refractivity (Wildman–Crippen MR) is 129 cm³/mol. The number of urea groups is 1. The molecule has 0 spiro atoms. The number of amides is 2. The van der Waals surface area contributed by atoms with Crippen molar-refractivity contribution in [1.82, 2.24) is 5.32 Å². The summed E-state index contributed by atoms with van der Waals surface area (Å²) in [7, 11) is 0. The molecule has 0 saturated carbocycles. The van der Waals surface area contributed by atoms with Crippen molar-refractivity contribution in [2.75, 3.05) is 18.5 Å².